The van der Waals surface area contributed by atoms with Gasteiger partial charge in [-0.2, -0.15) is 8.75 Å². The zero-order valence-electron chi connectivity index (χ0n) is 13.6. The maximum atomic E-state index is 13.0. The Bertz CT molecular complexity index is 1250. The van der Waals surface area contributed by atoms with E-state index in [-0.39, 0.29) is 11.6 Å². The monoisotopic (exact) mass is 408 g/mol. The Labute approximate surface area is 167 Å². The van der Waals surface area contributed by atoms with Gasteiger partial charge in [0.2, 0.25) is 0 Å². The van der Waals surface area contributed by atoms with Gasteiger partial charge in [0.05, 0.1) is 17.3 Å². The molecule has 0 saturated heterocycles. The molecule has 0 unspecified atom stereocenters. The van der Waals surface area contributed by atoms with Gasteiger partial charge in [-0.1, -0.05) is 47.6 Å². The first kappa shape index (κ1) is 16.6. The Kier molecular flexibility index (Phi) is 3.86. The third kappa shape index (κ3) is 2.60. The Balaban J connectivity index is 1.72. The third-order valence-corrected chi connectivity index (χ3v) is 6.25. The summed E-state index contributed by atoms with van der Waals surface area (Å²) in [6.07, 6.45) is 0. The number of halogens is 1. The molecule has 1 heterocycles. The van der Waals surface area contributed by atoms with Crippen molar-refractivity contribution >= 4 is 57.7 Å². The lowest BCUT2D eigenvalue weighted by Crippen LogP contribution is -2.21. The molecule has 7 heteroatoms. The van der Waals surface area contributed by atoms with Gasteiger partial charge in [-0.05, 0) is 30.3 Å². The third-order valence-electron chi connectivity index (χ3n) is 4.43. The molecule has 5 rings (SSSR count). The average Bonchev–Trinajstić information content (AvgIpc) is 3.18. The average molecular weight is 409 g/mol. The van der Waals surface area contributed by atoms with Crippen molar-refractivity contribution < 1.29 is 9.59 Å². The molecule has 0 saturated carbocycles. The van der Waals surface area contributed by atoms with Gasteiger partial charge in [0.1, 0.15) is 11.0 Å². The van der Waals surface area contributed by atoms with Crippen molar-refractivity contribution in [3.05, 3.63) is 81.9 Å². The number of nitrogens with zero attached hydrogens (tertiary/aromatic N) is 2. The zero-order chi connectivity index (χ0) is 18.5. The molecule has 0 atom stereocenters. The van der Waals surface area contributed by atoms with Crippen molar-refractivity contribution in [1.82, 2.24) is 8.75 Å². The van der Waals surface area contributed by atoms with Crippen LogP contribution < -0.4 is 0 Å². The van der Waals surface area contributed by atoms with Gasteiger partial charge >= 0.3 is 0 Å². The molecule has 4 nitrogen and oxygen atoms in total. The van der Waals surface area contributed by atoms with Crippen molar-refractivity contribution in [2.45, 2.75) is 9.79 Å². The molecule has 0 N–H and O–H groups in total. The molecule has 3 aromatic carbocycles. The second kappa shape index (κ2) is 6.27. The molecular weight excluding hydrogens is 400 g/mol. The summed E-state index contributed by atoms with van der Waals surface area (Å²) in [5.41, 5.74) is 2.71. The van der Waals surface area contributed by atoms with Crippen LogP contribution in [0.3, 0.4) is 0 Å². The molecule has 0 radical (unpaired) electrons. The van der Waals surface area contributed by atoms with E-state index in [9.17, 15) is 9.59 Å². The van der Waals surface area contributed by atoms with E-state index in [0.29, 0.717) is 38.3 Å². The van der Waals surface area contributed by atoms with Crippen molar-refractivity contribution in [2.24, 2.45) is 0 Å². The molecule has 0 fully saturated rings. The molecule has 27 heavy (non-hydrogen) atoms. The second-order valence-corrected chi connectivity index (χ2v) is 8.10. The lowest BCUT2D eigenvalue weighted by molar-refractivity contribution is 0.0980. The van der Waals surface area contributed by atoms with E-state index in [1.54, 1.807) is 30.3 Å². The number of hydrogen-bond donors (Lipinski definition) is 0. The van der Waals surface area contributed by atoms with Crippen LogP contribution in [0, 0.1) is 0 Å². The van der Waals surface area contributed by atoms with Crippen molar-refractivity contribution in [3.63, 3.8) is 0 Å². The van der Waals surface area contributed by atoms with E-state index < -0.39 is 0 Å². The van der Waals surface area contributed by atoms with Gasteiger partial charge in [0.15, 0.2) is 11.6 Å². The SMILES string of the molecule is O=C1c2ccccc2C(=O)c2c1cc(Sc1ccc(Cl)cc1)c1nsnc21. The van der Waals surface area contributed by atoms with Crippen LogP contribution in [0.4, 0.5) is 0 Å². The summed E-state index contributed by atoms with van der Waals surface area (Å²) < 4.78 is 8.71. The molecule has 0 aliphatic heterocycles. The van der Waals surface area contributed by atoms with E-state index >= 15 is 0 Å². The summed E-state index contributed by atoms with van der Waals surface area (Å²) in [6, 6.07) is 16.1. The van der Waals surface area contributed by atoms with Crippen LogP contribution in [-0.2, 0) is 0 Å². The number of rotatable bonds is 2. The van der Waals surface area contributed by atoms with Crippen LogP contribution in [0.2, 0.25) is 5.02 Å². The van der Waals surface area contributed by atoms with Crippen LogP contribution in [-0.4, -0.2) is 20.3 Å². The van der Waals surface area contributed by atoms with Crippen LogP contribution in [0.1, 0.15) is 31.8 Å². The Morgan fingerprint density at radius 1 is 0.815 bits per heavy atom. The molecule has 0 amide bonds. The summed E-state index contributed by atoms with van der Waals surface area (Å²) in [5, 5.41) is 0.655. The van der Waals surface area contributed by atoms with E-state index in [0.717, 1.165) is 21.5 Å². The predicted octanol–water partition coefficient (Wildman–Crippen LogP) is 5.27. The lowest BCUT2D eigenvalue weighted by Gasteiger charge is -2.18. The number of benzene rings is 3. The first-order chi connectivity index (χ1) is 13.1. The van der Waals surface area contributed by atoms with Gasteiger partial charge in [-0.15, -0.1) is 0 Å². The molecule has 130 valence electrons. The van der Waals surface area contributed by atoms with Crippen molar-refractivity contribution in [1.29, 1.82) is 0 Å². The number of carbonyl (C=O) groups is 2. The minimum atomic E-state index is -0.180. The summed E-state index contributed by atoms with van der Waals surface area (Å²) in [4.78, 5) is 27.8. The lowest BCUT2D eigenvalue weighted by atomic mass is 9.83. The van der Waals surface area contributed by atoms with E-state index in [1.807, 2.05) is 24.3 Å². The fraction of sp³-hybridized carbons (Fsp3) is 0. The number of aromatic nitrogens is 2. The highest BCUT2D eigenvalue weighted by Gasteiger charge is 2.33. The zero-order valence-corrected chi connectivity index (χ0v) is 16.0. The summed E-state index contributed by atoms with van der Waals surface area (Å²) in [7, 11) is 0. The van der Waals surface area contributed by atoms with Gasteiger partial charge in [-0.25, -0.2) is 0 Å². The van der Waals surface area contributed by atoms with Gasteiger partial charge in [-0.3, -0.25) is 9.59 Å². The quantitative estimate of drug-likeness (QED) is 0.398. The predicted molar refractivity (Wildman–Crippen MR) is 106 cm³/mol. The fourth-order valence-corrected chi connectivity index (χ4v) is 4.88. The first-order valence-electron chi connectivity index (χ1n) is 8.04. The van der Waals surface area contributed by atoms with E-state index in [1.165, 1.54) is 11.8 Å². The number of ketones is 2. The molecule has 4 aromatic rings. The number of fused-ring (bicyclic) bond motifs is 4. The Morgan fingerprint density at radius 2 is 1.48 bits per heavy atom. The van der Waals surface area contributed by atoms with Gasteiger partial charge < -0.3 is 0 Å². The number of carbonyl (C=O) groups excluding carboxylic acids is 2. The Morgan fingerprint density at radius 3 is 2.22 bits per heavy atom. The molecule has 1 aromatic heterocycles. The van der Waals surface area contributed by atoms with Crippen molar-refractivity contribution in [2.75, 3.05) is 0 Å². The standard InChI is InChI=1S/C20H9ClN2O2S2/c21-10-5-7-11(8-6-10)26-15-9-14-16(18-17(15)22-27-23-18)20(25)13-4-2-1-3-12(13)19(14)24/h1-9H. The highest BCUT2D eigenvalue weighted by atomic mass is 35.5. The fourth-order valence-electron chi connectivity index (χ4n) is 3.19. The minimum absolute atomic E-state index is 0.159. The molecule has 0 bridgehead atoms. The van der Waals surface area contributed by atoms with Crippen molar-refractivity contribution in [3.8, 4) is 0 Å². The molecule has 0 spiro atoms. The largest absolute Gasteiger partial charge is 0.289 e. The highest BCUT2D eigenvalue weighted by molar-refractivity contribution is 7.99. The summed E-state index contributed by atoms with van der Waals surface area (Å²) in [6.45, 7) is 0. The maximum absolute atomic E-state index is 13.0. The van der Waals surface area contributed by atoms with E-state index in [4.69, 9.17) is 11.6 Å². The molecule has 1 aliphatic carbocycles. The summed E-state index contributed by atoms with van der Waals surface area (Å²) in [5.74, 6) is -0.339. The highest BCUT2D eigenvalue weighted by Crippen LogP contribution is 2.39. The molecular formula is C20H9ClN2O2S2. The van der Waals surface area contributed by atoms with Crippen LogP contribution in [0.25, 0.3) is 11.0 Å². The smallest absolute Gasteiger partial charge is 0.196 e. The maximum Gasteiger partial charge on any atom is 0.196 e. The first-order valence-corrected chi connectivity index (χ1v) is 9.97. The number of hydrogen-bond acceptors (Lipinski definition) is 6. The second-order valence-electron chi connectivity index (χ2n) is 6.02. The topological polar surface area (TPSA) is 59.9 Å². The van der Waals surface area contributed by atoms with E-state index in [2.05, 4.69) is 8.75 Å². The van der Waals surface area contributed by atoms with Crippen LogP contribution in [0.15, 0.2) is 64.4 Å². The van der Waals surface area contributed by atoms with Gasteiger partial charge in [0, 0.05) is 31.5 Å². The minimum Gasteiger partial charge on any atom is -0.289 e. The normalized spacial score (nSPS) is 12.9. The summed E-state index contributed by atoms with van der Waals surface area (Å²) >= 11 is 8.47. The Hall–Kier alpha value is -2.54. The van der Waals surface area contributed by atoms with Gasteiger partial charge in [0.25, 0.3) is 0 Å². The molecule has 1 aliphatic rings. The van der Waals surface area contributed by atoms with Crippen LogP contribution in [0.5, 0.6) is 0 Å². The van der Waals surface area contributed by atoms with Crippen LogP contribution >= 0.6 is 35.1 Å².